The van der Waals surface area contributed by atoms with E-state index in [1.54, 1.807) is 0 Å². The summed E-state index contributed by atoms with van der Waals surface area (Å²) in [4.78, 5) is 0. The Hall–Kier alpha value is -1.35. The zero-order chi connectivity index (χ0) is 12.0. The van der Waals surface area contributed by atoms with Crippen molar-refractivity contribution in [3.63, 3.8) is 0 Å². The Kier molecular flexibility index (Phi) is 4.99. The molecule has 0 heterocycles. The van der Waals surface area contributed by atoms with Gasteiger partial charge in [-0.05, 0) is 36.7 Å². The van der Waals surface area contributed by atoms with E-state index < -0.39 is 0 Å². The van der Waals surface area contributed by atoms with Crippen molar-refractivity contribution in [3.05, 3.63) is 41.7 Å². The van der Waals surface area contributed by atoms with Crippen LogP contribution in [0.3, 0.4) is 0 Å². The molecular formula is C13H18FNO. The van der Waals surface area contributed by atoms with Gasteiger partial charge in [-0.2, -0.15) is 0 Å². The van der Waals surface area contributed by atoms with Crippen LogP contribution in [0.5, 0.6) is 5.75 Å². The Morgan fingerprint density at radius 2 is 2.19 bits per heavy atom. The summed E-state index contributed by atoms with van der Waals surface area (Å²) in [5, 5.41) is 3.14. The first-order valence-corrected chi connectivity index (χ1v) is 5.39. The lowest BCUT2D eigenvalue weighted by Gasteiger charge is -2.08. The highest BCUT2D eigenvalue weighted by molar-refractivity contribution is 5.29. The van der Waals surface area contributed by atoms with E-state index in [4.69, 9.17) is 4.74 Å². The van der Waals surface area contributed by atoms with E-state index in [1.165, 1.54) is 12.1 Å². The van der Waals surface area contributed by atoms with Gasteiger partial charge in [-0.15, -0.1) is 0 Å². The molecule has 1 aromatic carbocycles. The minimum absolute atomic E-state index is 0.271. The summed E-state index contributed by atoms with van der Waals surface area (Å²) in [6, 6.07) is 4.74. The monoisotopic (exact) mass is 223 g/mol. The first-order chi connectivity index (χ1) is 7.61. The fraction of sp³-hybridized carbons (Fsp3) is 0.385. The van der Waals surface area contributed by atoms with Gasteiger partial charge in [0.05, 0.1) is 0 Å². The van der Waals surface area contributed by atoms with Crippen LogP contribution in [0.15, 0.2) is 30.4 Å². The standard InChI is InChI=1S/C13H18FNO/c1-4-15-8-11-5-12(14)7-13(6-11)16-9-10(2)3/h5-7,15H,2,4,8-9H2,1,3H3. The maximum atomic E-state index is 13.2. The molecule has 1 rings (SSSR count). The summed E-state index contributed by atoms with van der Waals surface area (Å²) in [5.74, 6) is 0.281. The highest BCUT2D eigenvalue weighted by Gasteiger charge is 2.01. The molecule has 0 saturated carbocycles. The molecule has 0 spiro atoms. The summed E-state index contributed by atoms with van der Waals surface area (Å²) in [6.45, 7) is 9.55. The van der Waals surface area contributed by atoms with Gasteiger partial charge in [0.1, 0.15) is 18.2 Å². The van der Waals surface area contributed by atoms with Crippen molar-refractivity contribution in [3.8, 4) is 5.75 Å². The molecule has 0 aliphatic rings. The molecule has 0 amide bonds. The Morgan fingerprint density at radius 3 is 2.81 bits per heavy atom. The van der Waals surface area contributed by atoms with Crippen LogP contribution in [0.4, 0.5) is 4.39 Å². The van der Waals surface area contributed by atoms with E-state index in [1.807, 2.05) is 19.9 Å². The maximum absolute atomic E-state index is 13.2. The minimum Gasteiger partial charge on any atom is -0.489 e. The van der Waals surface area contributed by atoms with Crippen molar-refractivity contribution < 1.29 is 9.13 Å². The Balaban J connectivity index is 2.69. The van der Waals surface area contributed by atoms with E-state index in [0.29, 0.717) is 18.9 Å². The summed E-state index contributed by atoms with van der Waals surface area (Å²) in [7, 11) is 0. The lowest BCUT2D eigenvalue weighted by Crippen LogP contribution is -2.12. The van der Waals surface area contributed by atoms with Gasteiger partial charge in [0, 0.05) is 12.6 Å². The number of halogens is 1. The van der Waals surface area contributed by atoms with Gasteiger partial charge >= 0.3 is 0 Å². The van der Waals surface area contributed by atoms with E-state index in [2.05, 4.69) is 11.9 Å². The second kappa shape index (κ2) is 6.28. The SMILES string of the molecule is C=C(C)COc1cc(F)cc(CNCC)c1. The van der Waals surface area contributed by atoms with Crippen LogP contribution < -0.4 is 10.1 Å². The summed E-state index contributed by atoms with van der Waals surface area (Å²) in [6.07, 6.45) is 0. The average Bonchev–Trinajstić information content (AvgIpc) is 2.23. The molecule has 0 unspecified atom stereocenters. The van der Waals surface area contributed by atoms with Crippen molar-refractivity contribution in [2.24, 2.45) is 0 Å². The third kappa shape index (κ3) is 4.45. The molecule has 0 aliphatic carbocycles. The number of nitrogens with one attached hydrogen (secondary N) is 1. The lowest BCUT2D eigenvalue weighted by atomic mass is 10.2. The van der Waals surface area contributed by atoms with E-state index in [0.717, 1.165) is 17.7 Å². The van der Waals surface area contributed by atoms with E-state index in [-0.39, 0.29) is 5.82 Å². The fourth-order valence-electron chi connectivity index (χ4n) is 1.28. The predicted molar refractivity (Wildman–Crippen MR) is 64.1 cm³/mol. The van der Waals surface area contributed by atoms with Gasteiger partial charge in [-0.25, -0.2) is 4.39 Å². The normalized spacial score (nSPS) is 10.2. The zero-order valence-electron chi connectivity index (χ0n) is 9.85. The summed E-state index contributed by atoms with van der Waals surface area (Å²) in [5.41, 5.74) is 1.80. The van der Waals surface area contributed by atoms with Crippen LogP contribution >= 0.6 is 0 Å². The van der Waals surface area contributed by atoms with Gasteiger partial charge < -0.3 is 10.1 Å². The molecule has 0 fully saturated rings. The molecule has 1 aromatic rings. The van der Waals surface area contributed by atoms with Crippen molar-refractivity contribution in [2.45, 2.75) is 20.4 Å². The molecular weight excluding hydrogens is 205 g/mol. The number of hydrogen-bond donors (Lipinski definition) is 1. The molecule has 0 radical (unpaired) electrons. The zero-order valence-corrected chi connectivity index (χ0v) is 9.85. The molecule has 0 saturated heterocycles. The molecule has 88 valence electrons. The van der Waals surface area contributed by atoms with Crippen LogP contribution in [0, 0.1) is 5.82 Å². The molecule has 0 aromatic heterocycles. The van der Waals surface area contributed by atoms with Gasteiger partial charge in [0.15, 0.2) is 0 Å². The molecule has 2 nitrogen and oxygen atoms in total. The third-order valence-electron chi connectivity index (χ3n) is 2.00. The van der Waals surface area contributed by atoms with Crippen molar-refractivity contribution in [2.75, 3.05) is 13.2 Å². The van der Waals surface area contributed by atoms with E-state index in [9.17, 15) is 4.39 Å². The van der Waals surface area contributed by atoms with Gasteiger partial charge in [0.25, 0.3) is 0 Å². The van der Waals surface area contributed by atoms with Crippen molar-refractivity contribution in [1.82, 2.24) is 5.32 Å². The molecule has 0 bridgehead atoms. The molecule has 3 heteroatoms. The second-order valence-electron chi connectivity index (χ2n) is 3.82. The van der Waals surface area contributed by atoms with Crippen LogP contribution in [0.1, 0.15) is 19.4 Å². The number of ether oxygens (including phenoxy) is 1. The van der Waals surface area contributed by atoms with E-state index >= 15 is 0 Å². The fourth-order valence-corrected chi connectivity index (χ4v) is 1.28. The Morgan fingerprint density at radius 1 is 1.44 bits per heavy atom. The van der Waals surface area contributed by atoms with Gasteiger partial charge in [0.2, 0.25) is 0 Å². The van der Waals surface area contributed by atoms with Crippen molar-refractivity contribution in [1.29, 1.82) is 0 Å². The summed E-state index contributed by atoms with van der Waals surface area (Å²) >= 11 is 0. The van der Waals surface area contributed by atoms with Crippen LogP contribution in [0.25, 0.3) is 0 Å². The number of rotatable bonds is 6. The van der Waals surface area contributed by atoms with Crippen molar-refractivity contribution >= 4 is 0 Å². The second-order valence-corrected chi connectivity index (χ2v) is 3.82. The minimum atomic E-state index is -0.271. The third-order valence-corrected chi connectivity index (χ3v) is 2.00. The molecule has 16 heavy (non-hydrogen) atoms. The smallest absolute Gasteiger partial charge is 0.127 e. The lowest BCUT2D eigenvalue weighted by molar-refractivity contribution is 0.350. The number of benzene rings is 1. The Bertz CT molecular complexity index is 363. The quantitative estimate of drug-likeness (QED) is 0.749. The molecule has 1 N–H and O–H groups in total. The van der Waals surface area contributed by atoms with Crippen LogP contribution in [-0.4, -0.2) is 13.2 Å². The average molecular weight is 223 g/mol. The van der Waals surface area contributed by atoms with Crippen LogP contribution in [0.2, 0.25) is 0 Å². The highest BCUT2D eigenvalue weighted by atomic mass is 19.1. The van der Waals surface area contributed by atoms with Gasteiger partial charge in [-0.1, -0.05) is 13.5 Å². The first-order valence-electron chi connectivity index (χ1n) is 5.39. The topological polar surface area (TPSA) is 21.3 Å². The first kappa shape index (κ1) is 12.7. The highest BCUT2D eigenvalue weighted by Crippen LogP contribution is 2.17. The molecule has 0 aliphatic heterocycles. The Labute approximate surface area is 96.1 Å². The molecule has 0 atom stereocenters. The largest absolute Gasteiger partial charge is 0.489 e. The summed E-state index contributed by atoms with van der Waals surface area (Å²) < 4.78 is 18.7. The maximum Gasteiger partial charge on any atom is 0.127 e. The van der Waals surface area contributed by atoms with Crippen LogP contribution in [-0.2, 0) is 6.54 Å². The predicted octanol–water partition coefficient (Wildman–Crippen LogP) is 2.89. The number of hydrogen-bond acceptors (Lipinski definition) is 2. The van der Waals surface area contributed by atoms with Gasteiger partial charge in [-0.3, -0.25) is 0 Å².